The molecule has 6 heteroatoms. The van der Waals surface area contributed by atoms with E-state index in [1.807, 2.05) is 17.6 Å². The van der Waals surface area contributed by atoms with E-state index in [4.69, 9.17) is 9.72 Å². The molecule has 164 valence electrons. The molecule has 1 heterocycles. The molecule has 0 bridgehead atoms. The molecule has 5 rings (SSSR count). The van der Waals surface area contributed by atoms with Gasteiger partial charge in [-0.15, -0.1) is 0 Å². The molecule has 0 radical (unpaired) electrons. The smallest absolute Gasteiger partial charge is 0.316 e. The predicted molar refractivity (Wildman–Crippen MR) is 123 cm³/mol. The molecule has 0 amide bonds. The molecule has 3 aliphatic rings. The van der Waals surface area contributed by atoms with Crippen molar-refractivity contribution in [2.75, 3.05) is 12.4 Å². The van der Waals surface area contributed by atoms with E-state index in [2.05, 4.69) is 18.2 Å². The lowest BCUT2D eigenvalue weighted by molar-refractivity contribution is -0.139. The second-order valence-electron chi connectivity index (χ2n) is 9.15. The van der Waals surface area contributed by atoms with E-state index >= 15 is 0 Å². The van der Waals surface area contributed by atoms with Crippen LogP contribution in [0.2, 0.25) is 0 Å². The van der Waals surface area contributed by atoms with Crippen LogP contribution in [-0.4, -0.2) is 27.9 Å². The highest BCUT2D eigenvalue weighted by Gasteiger charge is 2.45. The van der Waals surface area contributed by atoms with E-state index in [0.29, 0.717) is 11.8 Å². The summed E-state index contributed by atoms with van der Waals surface area (Å²) in [5, 5.41) is 0.675. The summed E-state index contributed by atoms with van der Waals surface area (Å²) in [5.41, 5.74) is 4.23. The molecule has 1 aromatic heterocycles. The molecular formula is C25H30N2O3S. The normalized spacial score (nSPS) is 19.4. The minimum absolute atomic E-state index is 0.0849. The van der Waals surface area contributed by atoms with Gasteiger partial charge in [0.15, 0.2) is 5.16 Å². The highest BCUT2D eigenvalue weighted by Crippen LogP contribution is 2.50. The molecule has 0 unspecified atom stereocenters. The Labute approximate surface area is 187 Å². The Hall–Kier alpha value is -2.08. The summed E-state index contributed by atoms with van der Waals surface area (Å²) < 4.78 is 7.08. The number of rotatable bonds is 5. The van der Waals surface area contributed by atoms with Gasteiger partial charge in [-0.05, 0) is 44.6 Å². The fraction of sp³-hybridized carbons (Fsp3) is 0.560. The first-order valence-electron chi connectivity index (χ1n) is 11.7. The average molecular weight is 439 g/mol. The minimum Gasteiger partial charge on any atom is -0.465 e. The van der Waals surface area contributed by atoms with E-state index in [1.165, 1.54) is 30.2 Å². The number of hydrogen-bond acceptors (Lipinski definition) is 5. The monoisotopic (exact) mass is 438 g/mol. The third-order valence-electron chi connectivity index (χ3n) is 7.29. The molecule has 0 atom stereocenters. The minimum atomic E-state index is -0.259. The Morgan fingerprint density at radius 3 is 2.68 bits per heavy atom. The molecule has 2 saturated carbocycles. The third-order valence-corrected chi connectivity index (χ3v) is 8.22. The molecule has 2 fully saturated rings. The van der Waals surface area contributed by atoms with Gasteiger partial charge in [0.2, 0.25) is 0 Å². The summed E-state index contributed by atoms with van der Waals surface area (Å²) in [5.74, 6) is -0.0800. The maximum atomic E-state index is 14.2. The van der Waals surface area contributed by atoms with E-state index in [-0.39, 0.29) is 28.7 Å². The molecule has 0 aliphatic heterocycles. The summed E-state index contributed by atoms with van der Waals surface area (Å²) in [6, 6.07) is 8.59. The number of aromatic nitrogens is 2. The zero-order valence-corrected chi connectivity index (χ0v) is 19.0. The van der Waals surface area contributed by atoms with Gasteiger partial charge in [0.05, 0.1) is 23.6 Å². The van der Waals surface area contributed by atoms with Crippen molar-refractivity contribution in [1.29, 1.82) is 0 Å². The SMILES string of the molecule is CCOC(=O)CSc1nc2c(c(=O)n1C1CCCC1)C1(CCCC1)Cc1ccccc1-2. The van der Waals surface area contributed by atoms with Crippen molar-refractivity contribution in [3.8, 4) is 11.3 Å². The molecule has 1 spiro atoms. The lowest BCUT2D eigenvalue weighted by atomic mass is 9.68. The van der Waals surface area contributed by atoms with Gasteiger partial charge in [-0.2, -0.15) is 0 Å². The molecule has 31 heavy (non-hydrogen) atoms. The van der Waals surface area contributed by atoms with Crippen molar-refractivity contribution in [3.63, 3.8) is 0 Å². The Kier molecular flexibility index (Phi) is 5.67. The topological polar surface area (TPSA) is 61.2 Å². The number of esters is 1. The lowest BCUT2D eigenvalue weighted by Gasteiger charge is -2.37. The molecule has 0 N–H and O–H groups in total. The third kappa shape index (κ3) is 3.63. The van der Waals surface area contributed by atoms with Gasteiger partial charge in [0.25, 0.3) is 5.56 Å². The number of carbonyl (C=O) groups is 1. The van der Waals surface area contributed by atoms with Crippen LogP contribution in [-0.2, 0) is 21.4 Å². The van der Waals surface area contributed by atoms with Gasteiger partial charge < -0.3 is 4.74 Å². The number of hydrogen-bond donors (Lipinski definition) is 0. The number of carbonyl (C=O) groups excluding carboxylic acids is 1. The summed E-state index contributed by atoms with van der Waals surface area (Å²) in [6.07, 6.45) is 9.71. The van der Waals surface area contributed by atoms with E-state index < -0.39 is 0 Å². The number of ether oxygens (including phenoxy) is 1. The lowest BCUT2D eigenvalue weighted by Crippen LogP contribution is -2.41. The predicted octanol–water partition coefficient (Wildman–Crippen LogP) is 5.05. The quantitative estimate of drug-likeness (QED) is 0.371. The van der Waals surface area contributed by atoms with Gasteiger partial charge in [-0.3, -0.25) is 14.2 Å². The maximum Gasteiger partial charge on any atom is 0.316 e. The van der Waals surface area contributed by atoms with Crippen LogP contribution in [0.1, 0.15) is 75.5 Å². The second-order valence-corrected chi connectivity index (χ2v) is 10.1. The fourth-order valence-electron chi connectivity index (χ4n) is 5.94. The Morgan fingerprint density at radius 2 is 1.94 bits per heavy atom. The van der Waals surface area contributed by atoms with E-state index in [0.717, 1.165) is 61.8 Å². The van der Waals surface area contributed by atoms with Crippen molar-refractivity contribution in [1.82, 2.24) is 9.55 Å². The van der Waals surface area contributed by atoms with E-state index in [9.17, 15) is 9.59 Å². The largest absolute Gasteiger partial charge is 0.465 e. The van der Waals surface area contributed by atoms with Crippen LogP contribution in [0.5, 0.6) is 0 Å². The van der Waals surface area contributed by atoms with Crippen molar-refractivity contribution in [2.45, 2.75) is 81.3 Å². The Morgan fingerprint density at radius 1 is 1.19 bits per heavy atom. The molecule has 0 saturated heterocycles. The number of thioether (sulfide) groups is 1. The van der Waals surface area contributed by atoms with Crippen molar-refractivity contribution in [3.05, 3.63) is 45.7 Å². The molecular weight excluding hydrogens is 408 g/mol. The Balaban J connectivity index is 1.69. The van der Waals surface area contributed by atoms with Crippen molar-refractivity contribution < 1.29 is 9.53 Å². The van der Waals surface area contributed by atoms with Crippen molar-refractivity contribution in [2.24, 2.45) is 0 Å². The Bertz CT molecular complexity index is 1050. The van der Waals surface area contributed by atoms with Crippen LogP contribution in [0, 0.1) is 0 Å². The van der Waals surface area contributed by atoms with Crippen LogP contribution >= 0.6 is 11.8 Å². The van der Waals surface area contributed by atoms with Crippen LogP contribution in [0.15, 0.2) is 34.2 Å². The first kappa shape index (κ1) is 20.8. The summed E-state index contributed by atoms with van der Waals surface area (Å²) in [4.78, 5) is 31.4. The number of fused-ring (bicyclic) bond motifs is 4. The van der Waals surface area contributed by atoms with E-state index in [1.54, 1.807) is 0 Å². The molecule has 1 aromatic carbocycles. The number of benzene rings is 1. The summed E-state index contributed by atoms with van der Waals surface area (Å²) in [6.45, 7) is 2.18. The summed E-state index contributed by atoms with van der Waals surface area (Å²) in [7, 11) is 0. The van der Waals surface area contributed by atoms with Crippen LogP contribution in [0.25, 0.3) is 11.3 Å². The van der Waals surface area contributed by atoms with Gasteiger partial charge in [0.1, 0.15) is 0 Å². The van der Waals surface area contributed by atoms with Crippen LogP contribution in [0.3, 0.4) is 0 Å². The zero-order valence-electron chi connectivity index (χ0n) is 18.2. The average Bonchev–Trinajstić information content (AvgIpc) is 3.45. The van der Waals surface area contributed by atoms with Gasteiger partial charge in [0, 0.05) is 17.0 Å². The van der Waals surface area contributed by atoms with Crippen LogP contribution in [0.4, 0.5) is 0 Å². The van der Waals surface area contributed by atoms with Gasteiger partial charge in [-0.25, -0.2) is 4.98 Å². The second kappa shape index (κ2) is 8.45. The highest BCUT2D eigenvalue weighted by atomic mass is 32.2. The van der Waals surface area contributed by atoms with Crippen LogP contribution < -0.4 is 5.56 Å². The molecule has 5 nitrogen and oxygen atoms in total. The summed E-state index contributed by atoms with van der Waals surface area (Å²) >= 11 is 1.35. The van der Waals surface area contributed by atoms with Crippen molar-refractivity contribution >= 4 is 17.7 Å². The highest BCUT2D eigenvalue weighted by molar-refractivity contribution is 7.99. The first-order valence-corrected chi connectivity index (χ1v) is 12.7. The van der Waals surface area contributed by atoms with Gasteiger partial charge in [-0.1, -0.05) is 61.7 Å². The molecule has 2 aromatic rings. The molecule has 3 aliphatic carbocycles. The first-order chi connectivity index (χ1) is 15.1. The zero-order chi connectivity index (χ0) is 21.4. The van der Waals surface area contributed by atoms with Gasteiger partial charge >= 0.3 is 5.97 Å². The number of nitrogens with zero attached hydrogens (tertiary/aromatic N) is 2. The fourth-order valence-corrected chi connectivity index (χ4v) is 6.79. The standard InChI is InChI=1S/C25H30N2O3S/c1-2-30-20(28)16-31-24-26-22-19-12-6-3-9-17(19)15-25(13-7-8-14-25)21(22)23(29)27(24)18-10-4-5-11-18/h3,6,9,12,18H,2,4-5,7-8,10-11,13-16H2,1H3. The maximum absolute atomic E-state index is 14.2.